The number of nitrogens with zero attached hydrogens (tertiary/aromatic N) is 2. The summed E-state index contributed by atoms with van der Waals surface area (Å²) in [5.41, 5.74) is 2.75. The highest BCUT2D eigenvalue weighted by atomic mass is 35.5. The summed E-state index contributed by atoms with van der Waals surface area (Å²) in [7, 11) is -2.30. The molecule has 3 aromatic rings. The lowest BCUT2D eigenvalue weighted by Gasteiger charge is -2.31. The Morgan fingerprint density at radius 1 is 1.20 bits per heavy atom. The standard InChI is InChI=1S/C28H31Cl2N3O6S/c1-38-12-4-10-32-17-39-16-19-5-2-7-21-24(8-9-25(32)26(19)21)31-28(35)18-6-3-11-33(15-18)40(36,37)20-13-22(29)27(34)23(30)14-20/h2,5,7-9,13-14,18,34H,3-4,6,10-12,15-17H2,1H3,(H,31,35). The van der Waals surface area contributed by atoms with Crippen LogP contribution in [0.2, 0.25) is 10.0 Å². The topological polar surface area (TPSA) is 108 Å². The highest BCUT2D eigenvalue weighted by molar-refractivity contribution is 7.89. The first-order valence-corrected chi connectivity index (χ1v) is 15.3. The molecule has 2 aliphatic rings. The Labute approximate surface area is 243 Å². The number of ether oxygens (including phenoxy) is 2. The number of nitrogens with one attached hydrogen (secondary N) is 1. The van der Waals surface area contributed by atoms with Crippen molar-refractivity contribution in [3.05, 3.63) is 58.1 Å². The average molecular weight is 609 g/mol. The van der Waals surface area contributed by atoms with Crippen molar-refractivity contribution < 1.29 is 27.8 Å². The van der Waals surface area contributed by atoms with Crippen LogP contribution in [0.3, 0.4) is 0 Å². The molecule has 0 spiro atoms. The van der Waals surface area contributed by atoms with Gasteiger partial charge in [0.15, 0.2) is 5.75 Å². The van der Waals surface area contributed by atoms with Crippen LogP contribution < -0.4 is 10.2 Å². The molecule has 0 aliphatic carbocycles. The molecule has 1 atom stereocenters. The predicted octanol–water partition coefficient (Wildman–Crippen LogP) is 5.22. The fourth-order valence-electron chi connectivity index (χ4n) is 5.33. The Hall–Kier alpha value is -2.60. The van der Waals surface area contributed by atoms with E-state index in [0.29, 0.717) is 38.5 Å². The molecule has 5 rings (SSSR count). The van der Waals surface area contributed by atoms with Crippen LogP contribution in [0.5, 0.6) is 5.75 Å². The van der Waals surface area contributed by atoms with E-state index in [4.69, 9.17) is 32.7 Å². The van der Waals surface area contributed by atoms with E-state index in [2.05, 4.69) is 10.2 Å². The van der Waals surface area contributed by atoms with Gasteiger partial charge in [0.1, 0.15) is 6.73 Å². The van der Waals surface area contributed by atoms with Gasteiger partial charge < -0.3 is 24.8 Å². The number of amides is 1. The predicted molar refractivity (Wildman–Crippen MR) is 156 cm³/mol. The van der Waals surface area contributed by atoms with Crippen LogP contribution in [0.4, 0.5) is 11.4 Å². The van der Waals surface area contributed by atoms with Gasteiger partial charge >= 0.3 is 0 Å². The molecule has 2 heterocycles. The number of benzene rings is 3. The molecule has 0 saturated carbocycles. The van der Waals surface area contributed by atoms with E-state index in [1.54, 1.807) is 7.11 Å². The third-order valence-electron chi connectivity index (χ3n) is 7.37. The Balaban J connectivity index is 1.38. The van der Waals surface area contributed by atoms with Crippen molar-refractivity contribution in [2.45, 2.75) is 30.8 Å². The molecule has 2 aliphatic heterocycles. The van der Waals surface area contributed by atoms with Crippen LogP contribution in [-0.4, -0.2) is 63.8 Å². The van der Waals surface area contributed by atoms with Crippen molar-refractivity contribution in [1.29, 1.82) is 0 Å². The summed E-state index contributed by atoms with van der Waals surface area (Å²) < 4.78 is 39.1. The lowest BCUT2D eigenvalue weighted by atomic mass is 9.97. The number of aromatic hydroxyl groups is 1. The van der Waals surface area contributed by atoms with E-state index < -0.39 is 15.9 Å². The maximum atomic E-state index is 13.5. The summed E-state index contributed by atoms with van der Waals surface area (Å²) >= 11 is 11.9. The third kappa shape index (κ3) is 5.74. The van der Waals surface area contributed by atoms with E-state index in [1.807, 2.05) is 30.3 Å². The molecule has 2 N–H and O–H groups in total. The minimum absolute atomic E-state index is 0.0205. The minimum Gasteiger partial charge on any atom is -0.505 e. The molecule has 0 aromatic heterocycles. The summed E-state index contributed by atoms with van der Waals surface area (Å²) in [6.45, 7) is 2.63. The van der Waals surface area contributed by atoms with Gasteiger partial charge in [0.05, 0.1) is 27.5 Å². The SMILES string of the molecule is COCCCN1COCc2cccc3c(NC(=O)C4CCCN(S(=O)(=O)c5cc(Cl)c(O)c(Cl)c5)C4)ccc1c23. The molecule has 0 bridgehead atoms. The number of carbonyl (C=O) groups is 1. The molecule has 1 amide bonds. The van der Waals surface area contributed by atoms with Gasteiger partial charge in [-0.1, -0.05) is 41.4 Å². The zero-order valence-corrected chi connectivity index (χ0v) is 24.4. The molecular weight excluding hydrogens is 577 g/mol. The summed E-state index contributed by atoms with van der Waals surface area (Å²) in [5, 5.41) is 14.5. The Morgan fingerprint density at radius 3 is 2.73 bits per heavy atom. The summed E-state index contributed by atoms with van der Waals surface area (Å²) in [5.74, 6) is -1.17. The second kappa shape index (κ2) is 12.1. The number of halogens is 2. The number of phenolic OH excluding ortho intramolecular Hbond substituents is 1. The van der Waals surface area contributed by atoms with Crippen molar-refractivity contribution in [3.63, 3.8) is 0 Å². The van der Waals surface area contributed by atoms with E-state index in [1.165, 1.54) is 16.4 Å². The number of sulfonamides is 1. The lowest BCUT2D eigenvalue weighted by Crippen LogP contribution is -2.43. The average Bonchev–Trinajstić information content (AvgIpc) is 3.13. The maximum absolute atomic E-state index is 13.5. The monoisotopic (exact) mass is 607 g/mol. The molecule has 3 aromatic carbocycles. The zero-order valence-electron chi connectivity index (χ0n) is 22.0. The number of carbonyl (C=O) groups excluding carboxylic acids is 1. The van der Waals surface area contributed by atoms with Gasteiger partial charge in [0.2, 0.25) is 15.9 Å². The molecule has 1 saturated heterocycles. The molecule has 12 heteroatoms. The van der Waals surface area contributed by atoms with E-state index in [-0.39, 0.29) is 39.7 Å². The van der Waals surface area contributed by atoms with Gasteiger partial charge in [-0.3, -0.25) is 4.79 Å². The summed E-state index contributed by atoms with van der Waals surface area (Å²) in [4.78, 5) is 15.5. The van der Waals surface area contributed by atoms with Crippen LogP contribution in [-0.2, 0) is 30.9 Å². The van der Waals surface area contributed by atoms with Crippen molar-refractivity contribution in [1.82, 2.24) is 4.31 Å². The number of anilines is 2. The summed E-state index contributed by atoms with van der Waals surface area (Å²) in [6, 6.07) is 12.2. The smallest absolute Gasteiger partial charge is 0.243 e. The number of piperidine rings is 1. The highest BCUT2D eigenvalue weighted by Crippen LogP contribution is 2.38. The first-order chi connectivity index (χ1) is 19.2. The molecule has 1 fully saturated rings. The second-order valence-electron chi connectivity index (χ2n) is 9.99. The normalized spacial score (nSPS) is 18.1. The van der Waals surface area contributed by atoms with Crippen LogP contribution in [0.25, 0.3) is 10.8 Å². The quantitative estimate of drug-likeness (QED) is 0.338. The van der Waals surface area contributed by atoms with Crippen molar-refractivity contribution in [2.24, 2.45) is 5.92 Å². The number of hydrogen-bond acceptors (Lipinski definition) is 7. The first-order valence-electron chi connectivity index (χ1n) is 13.1. The maximum Gasteiger partial charge on any atom is 0.243 e. The largest absolute Gasteiger partial charge is 0.505 e. The Bertz CT molecular complexity index is 1510. The van der Waals surface area contributed by atoms with E-state index in [0.717, 1.165) is 35.0 Å². The summed E-state index contributed by atoms with van der Waals surface area (Å²) in [6.07, 6.45) is 1.93. The van der Waals surface area contributed by atoms with Crippen LogP contribution in [0.1, 0.15) is 24.8 Å². The van der Waals surface area contributed by atoms with Gasteiger partial charge in [-0.05, 0) is 49.1 Å². The lowest BCUT2D eigenvalue weighted by molar-refractivity contribution is -0.120. The molecule has 214 valence electrons. The Morgan fingerprint density at radius 2 is 1.98 bits per heavy atom. The minimum atomic E-state index is -3.98. The first kappa shape index (κ1) is 28.9. The van der Waals surface area contributed by atoms with Crippen LogP contribution in [0, 0.1) is 5.92 Å². The molecule has 9 nitrogen and oxygen atoms in total. The number of hydrogen-bond donors (Lipinski definition) is 2. The fourth-order valence-corrected chi connectivity index (χ4v) is 7.52. The van der Waals surface area contributed by atoms with Gasteiger partial charge in [0, 0.05) is 55.5 Å². The Kier molecular flexibility index (Phi) is 8.75. The second-order valence-corrected chi connectivity index (χ2v) is 12.7. The van der Waals surface area contributed by atoms with E-state index >= 15 is 0 Å². The number of rotatable bonds is 8. The highest BCUT2D eigenvalue weighted by Gasteiger charge is 2.34. The van der Waals surface area contributed by atoms with Crippen LogP contribution in [0.15, 0.2) is 47.4 Å². The number of methoxy groups -OCH3 is 1. The zero-order chi connectivity index (χ0) is 28.4. The van der Waals surface area contributed by atoms with Gasteiger partial charge in [-0.15, -0.1) is 0 Å². The van der Waals surface area contributed by atoms with Crippen molar-refractivity contribution >= 4 is 61.3 Å². The van der Waals surface area contributed by atoms with Crippen molar-refractivity contribution in [2.75, 3.05) is 50.3 Å². The van der Waals surface area contributed by atoms with Crippen LogP contribution >= 0.6 is 23.2 Å². The van der Waals surface area contributed by atoms with Gasteiger partial charge in [-0.25, -0.2) is 8.42 Å². The van der Waals surface area contributed by atoms with Gasteiger partial charge in [-0.2, -0.15) is 4.31 Å². The molecule has 1 unspecified atom stereocenters. The number of phenols is 1. The third-order valence-corrected chi connectivity index (χ3v) is 9.79. The molecular formula is C28H31Cl2N3O6S. The molecule has 0 radical (unpaired) electrons. The fraction of sp³-hybridized carbons (Fsp3) is 0.393. The van der Waals surface area contributed by atoms with E-state index in [9.17, 15) is 18.3 Å². The molecule has 40 heavy (non-hydrogen) atoms. The van der Waals surface area contributed by atoms with Gasteiger partial charge in [0.25, 0.3) is 0 Å². The van der Waals surface area contributed by atoms with Crippen molar-refractivity contribution in [3.8, 4) is 5.75 Å².